The predicted molar refractivity (Wildman–Crippen MR) is 92.1 cm³/mol. The number of carbonyl (C=O) groups excluding carboxylic acids is 2. The Morgan fingerprint density at radius 2 is 2.04 bits per heavy atom. The first kappa shape index (κ1) is 19.2. The molecule has 1 amide bonds. The van der Waals surface area contributed by atoms with Crippen molar-refractivity contribution in [3.63, 3.8) is 0 Å². The van der Waals surface area contributed by atoms with Crippen LogP contribution in [0.2, 0.25) is 0 Å². The molecule has 1 heterocycles. The quantitative estimate of drug-likeness (QED) is 0.716. The first-order chi connectivity index (χ1) is 11.8. The fourth-order valence-electron chi connectivity index (χ4n) is 2.68. The summed E-state index contributed by atoms with van der Waals surface area (Å²) in [6.45, 7) is 1.47. The van der Waals surface area contributed by atoms with Crippen LogP contribution in [0.15, 0.2) is 24.3 Å². The van der Waals surface area contributed by atoms with Crippen LogP contribution >= 0.6 is 0 Å². The molecule has 1 fully saturated rings. The highest BCUT2D eigenvalue weighted by molar-refractivity contribution is 7.91. The smallest absolute Gasteiger partial charge is 0.306 e. The average Bonchev–Trinajstić information content (AvgIpc) is 2.91. The lowest BCUT2D eigenvalue weighted by atomic mass is 10.1. The molecule has 0 saturated carbocycles. The maximum atomic E-state index is 12.0. The Bertz CT molecular complexity index is 730. The molecular weight excluding hydrogens is 346 g/mol. The number of carbonyl (C=O) groups is 2. The van der Waals surface area contributed by atoms with Gasteiger partial charge in [0.15, 0.2) is 15.9 Å². The van der Waals surface area contributed by atoms with Crippen LogP contribution in [0, 0.1) is 0 Å². The Labute approximate surface area is 147 Å². The summed E-state index contributed by atoms with van der Waals surface area (Å²) < 4.78 is 33.1. The minimum Gasteiger partial charge on any atom is -0.496 e. The summed E-state index contributed by atoms with van der Waals surface area (Å²) >= 11 is 0. The molecule has 1 aliphatic heterocycles. The van der Waals surface area contributed by atoms with Gasteiger partial charge in [0.2, 0.25) is 0 Å². The average molecular weight is 369 g/mol. The Morgan fingerprint density at radius 1 is 1.32 bits per heavy atom. The molecular formula is C17H23NO6S. The van der Waals surface area contributed by atoms with Crippen molar-refractivity contribution >= 4 is 21.7 Å². The van der Waals surface area contributed by atoms with Crippen LogP contribution in [0.5, 0.6) is 5.75 Å². The SMILES string of the molecule is COc1ccccc1CCC(=O)O[C@H](C)C(=O)N[C@@H]1CCS(=O)(=O)C1. The number of amides is 1. The molecule has 7 nitrogen and oxygen atoms in total. The van der Waals surface area contributed by atoms with E-state index < -0.39 is 33.9 Å². The number of hydrogen-bond donors (Lipinski definition) is 1. The zero-order chi connectivity index (χ0) is 18.4. The lowest BCUT2D eigenvalue weighted by Crippen LogP contribution is -2.42. The van der Waals surface area contributed by atoms with Crippen molar-refractivity contribution in [2.24, 2.45) is 0 Å². The number of esters is 1. The van der Waals surface area contributed by atoms with E-state index in [2.05, 4.69) is 5.32 Å². The van der Waals surface area contributed by atoms with Gasteiger partial charge in [-0.2, -0.15) is 0 Å². The van der Waals surface area contributed by atoms with Crippen LogP contribution in [0.25, 0.3) is 0 Å². The van der Waals surface area contributed by atoms with Crippen molar-refractivity contribution in [3.05, 3.63) is 29.8 Å². The third-order valence-corrected chi connectivity index (χ3v) is 5.82. The molecule has 25 heavy (non-hydrogen) atoms. The van der Waals surface area contributed by atoms with Gasteiger partial charge in [-0.05, 0) is 31.4 Å². The van der Waals surface area contributed by atoms with Crippen molar-refractivity contribution in [3.8, 4) is 5.75 Å². The summed E-state index contributed by atoms with van der Waals surface area (Å²) in [7, 11) is -1.51. The van der Waals surface area contributed by atoms with Crippen LogP contribution in [0.4, 0.5) is 0 Å². The molecule has 1 aliphatic rings. The van der Waals surface area contributed by atoms with Crippen LogP contribution in [0.3, 0.4) is 0 Å². The molecule has 0 spiro atoms. The number of para-hydroxylation sites is 1. The second-order valence-electron chi connectivity index (χ2n) is 6.05. The van der Waals surface area contributed by atoms with E-state index in [-0.39, 0.29) is 17.9 Å². The Hall–Kier alpha value is -2.09. The van der Waals surface area contributed by atoms with Gasteiger partial charge in [-0.1, -0.05) is 18.2 Å². The van der Waals surface area contributed by atoms with Gasteiger partial charge in [0, 0.05) is 12.5 Å². The van der Waals surface area contributed by atoms with Crippen molar-refractivity contribution in [1.82, 2.24) is 5.32 Å². The maximum absolute atomic E-state index is 12.0. The number of aryl methyl sites for hydroxylation is 1. The number of ether oxygens (including phenoxy) is 2. The predicted octanol–water partition coefficient (Wildman–Crippen LogP) is 0.863. The van der Waals surface area contributed by atoms with Gasteiger partial charge >= 0.3 is 5.97 Å². The fourth-order valence-corrected chi connectivity index (χ4v) is 4.36. The van der Waals surface area contributed by atoms with Crippen molar-refractivity contribution in [1.29, 1.82) is 0 Å². The second kappa shape index (κ2) is 8.33. The largest absolute Gasteiger partial charge is 0.496 e. The molecule has 1 saturated heterocycles. The van der Waals surface area contributed by atoms with Gasteiger partial charge in [-0.3, -0.25) is 9.59 Å². The minimum absolute atomic E-state index is 0.0623. The molecule has 8 heteroatoms. The van der Waals surface area contributed by atoms with E-state index in [1.165, 1.54) is 6.92 Å². The monoisotopic (exact) mass is 369 g/mol. The molecule has 0 bridgehead atoms. The highest BCUT2D eigenvalue weighted by atomic mass is 32.2. The third kappa shape index (κ3) is 5.74. The molecule has 2 atom stereocenters. The molecule has 1 N–H and O–H groups in total. The van der Waals surface area contributed by atoms with Gasteiger partial charge < -0.3 is 14.8 Å². The summed E-state index contributed by atoms with van der Waals surface area (Å²) in [5.41, 5.74) is 0.884. The fraction of sp³-hybridized carbons (Fsp3) is 0.529. The Morgan fingerprint density at radius 3 is 2.68 bits per heavy atom. The van der Waals surface area contributed by atoms with Crippen molar-refractivity contribution in [2.45, 2.75) is 38.3 Å². The molecule has 1 aromatic rings. The van der Waals surface area contributed by atoms with E-state index in [9.17, 15) is 18.0 Å². The van der Waals surface area contributed by atoms with E-state index in [1.54, 1.807) is 7.11 Å². The first-order valence-electron chi connectivity index (χ1n) is 8.13. The Balaban J connectivity index is 1.78. The maximum Gasteiger partial charge on any atom is 0.306 e. The lowest BCUT2D eigenvalue weighted by Gasteiger charge is -2.16. The highest BCUT2D eigenvalue weighted by Crippen LogP contribution is 2.19. The molecule has 0 unspecified atom stereocenters. The molecule has 138 valence electrons. The van der Waals surface area contributed by atoms with E-state index >= 15 is 0 Å². The van der Waals surface area contributed by atoms with E-state index in [4.69, 9.17) is 9.47 Å². The number of rotatable bonds is 7. The molecule has 0 aromatic heterocycles. The summed E-state index contributed by atoms with van der Waals surface area (Å²) in [4.78, 5) is 23.9. The number of methoxy groups -OCH3 is 1. The topological polar surface area (TPSA) is 98.8 Å². The zero-order valence-corrected chi connectivity index (χ0v) is 15.2. The first-order valence-corrected chi connectivity index (χ1v) is 9.95. The summed E-state index contributed by atoms with van der Waals surface area (Å²) in [6.07, 6.45) is -0.00962. The van der Waals surface area contributed by atoms with Crippen LogP contribution < -0.4 is 10.1 Å². The van der Waals surface area contributed by atoms with Crippen LogP contribution in [-0.2, 0) is 30.6 Å². The van der Waals surface area contributed by atoms with Gasteiger partial charge in [0.25, 0.3) is 5.91 Å². The van der Waals surface area contributed by atoms with Gasteiger partial charge in [0.1, 0.15) is 5.75 Å². The summed E-state index contributed by atoms with van der Waals surface area (Å²) in [6, 6.07) is 6.97. The molecule has 1 aromatic carbocycles. The molecule has 2 rings (SSSR count). The summed E-state index contributed by atoms with van der Waals surface area (Å²) in [5, 5.41) is 2.62. The minimum atomic E-state index is -3.07. The second-order valence-corrected chi connectivity index (χ2v) is 8.28. The lowest BCUT2D eigenvalue weighted by molar-refractivity contribution is -0.155. The van der Waals surface area contributed by atoms with Gasteiger partial charge in [0.05, 0.1) is 18.6 Å². The standard InChI is InChI=1S/C17H23NO6S/c1-12(17(20)18-14-9-10-25(21,22)11-14)24-16(19)8-7-13-5-3-4-6-15(13)23-2/h3-6,12,14H,7-11H2,1-2H3,(H,18,20)/t12-,14-/m1/s1. The van der Waals surface area contributed by atoms with Gasteiger partial charge in [-0.15, -0.1) is 0 Å². The van der Waals surface area contributed by atoms with E-state index in [0.717, 1.165) is 5.56 Å². The van der Waals surface area contributed by atoms with E-state index in [1.807, 2.05) is 24.3 Å². The third-order valence-electron chi connectivity index (χ3n) is 4.05. The number of sulfone groups is 1. The Kier molecular flexibility index (Phi) is 6.41. The zero-order valence-electron chi connectivity index (χ0n) is 14.4. The normalized spacial score (nSPS) is 19.8. The number of benzene rings is 1. The number of nitrogens with one attached hydrogen (secondary N) is 1. The van der Waals surface area contributed by atoms with Crippen LogP contribution in [0.1, 0.15) is 25.3 Å². The van der Waals surface area contributed by atoms with Gasteiger partial charge in [-0.25, -0.2) is 8.42 Å². The molecule has 0 radical (unpaired) electrons. The van der Waals surface area contributed by atoms with Crippen molar-refractivity contribution < 1.29 is 27.5 Å². The molecule has 0 aliphatic carbocycles. The number of hydrogen-bond acceptors (Lipinski definition) is 6. The highest BCUT2D eigenvalue weighted by Gasteiger charge is 2.30. The van der Waals surface area contributed by atoms with Crippen LogP contribution in [-0.4, -0.2) is 51.1 Å². The van der Waals surface area contributed by atoms with Crippen molar-refractivity contribution in [2.75, 3.05) is 18.6 Å². The van der Waals surface area contributed by atoms with E-state index in [0.29, 0.717) is 18.6 Å². The summed E-state index contributed by atoms with van der Waals surface area (Å²) in [5.74, 6) is -0.262.